The van der Waals surface area contributed by atoms with Crippen LogP contribution >= 0.6 is 11.6 Å². The fourth-order valence-electron chi connectivity index (χ4n) is 1.94. The van der Waals surface area contributed by atoms with Gasteiger partial charge < -0.3 is 10.2 Å². The maximum atomic E-state index is 12.2. The minimum Gasteiger partial charge on any atom is -0.350 e. The van der Waals surface area contributed by atoms with Crippen LogP contribution in [-0.4, -0.2) is 13.0 Å². The Morgan fingerprint density at radius 3 is 2.57 bits per heavy atom. The number of carbonyl (C=O) groups excluding carboxylic acids is 1. The van der Waals surface area contributed by atoms with Crippen molar-refractivity contribution in [2.75, 3.05) is 17.3 Å². The molecule has 0 bridgehead atoms. The van der Waals surface area contributed by atoms with Crippen LogP contribution in [0, 0.1) is 18.3 Å². The van der Waals surface area contributed by atoms with Crippen LogP contribution in [0.5, 0.6) is 0 Å². The second kappa shape index (κ2) is 7.48. The van der Waals surface area contributed by atoms with Crippen molar-refractivity contribution in [2.45, 2.75) is 6.92 Å². The Morgan fingerprint density at radius 1 is 1.26 bits per heavy atom. The van der Waals surface area contributed by atoms with E-state index in [1.54, 1.807) is 24.1 Å². The van der Waals surface area contributed by atoms with E-state index in [4.69, 9.17) is 11.6 Å². The van der Waals surface area contributed by atoms with Gasteiger partial charge in [-0.05, 0) is 36.8 Å². The number of halogens is 1. The van der Waals surface area contributed by atoms with Crippen molar-refractivity contribution >= 4 is 28.9 Å². The van der Waals surface area contributed by atoms with Crippen LogP contribution in [0.3, 0.4) is 0 Å². The molecular formula is C18H16ClN3O. The number of anilines is 2. The third-order valence-corrected chi connectivity index (χ3v) is 3.69. The first-order valence-electron chi connectivity index (χ1n) is 6.98. The number of nitrogens with one attached hydrogen (secondary N) is 1. The topological polar surface area (TPSA) is 56.1 Å². The van der Waals surface area contributed by atoms with E-state index in [9.17, 15) is 10.1 Å². The van der Waals surface area contributed by atoms with Crippen LogP contribution in [0.1, 0.15) is 5.56 Å². The molecule has 0 atom stereocenters. The first-order valence-corrected chi connectivity index (χ1v) is 7.36. The Kier molecular flexibility index (Phi) is 5.40. The Morgan fingerprint density at radius 2 is 1.96 bits per heavy atom. The molecule has 0 heterocycles. The van der Waals surface area contributed by atoms with Gasteiger partial charge in [0.25, 0.3) is 5.91 Å². The number of rotatable bonds is 4. The van der Waals surface area contributed by atoms with Crippen molar-refractivity contribution in [3.05, 3.63) is 70.9 Å². The normalized spacial score (nSPS) is 10.8. The lowest BCUT2D eigenvalue weighted by Gasteiger charge is -2.14. The van der Waals surface area contributed by atoms with Gasteiger partial charge in [-0.25, -0.2) is 0 Å². The van der Waals surface area contributed by atoms with Crippen LogP contribution in [0.4, 0.5) is 11.4 Å². The predicted octanol–water partition coefficient (Wildman–Crippen LogP) is 4.13. The van der Waals surface area contributed by atoms with Crippen molar-refractivity contribution in [2.24, 2.45) is 0 Å². The molecule has 1 amide bonds. The number of carbonyl (C=O) groups is 1. The summed E-state index contributed by atoms with van der Waals surface area (Å²) in [6, 6.07) is 16.6. The van der Waals surface area contributed by atoms with Gasteiger partial charge in [0.15, 0.2) is 0 Å². The Hall–Kier alpha value is -2.77. The lowest BCUT2D eigenvalue weighted by atomic mass is 10.2. The van der Waals surface area contributed by atoms with Gasteiger partial charge in [-0.2, -0.15) is 5.26 Å². The fraction of sp³-hybridized carbons (Fsp3) is 0.111. The van der Waals surface area contributed by atoms with E-state index in [0.717, 1.165) is 11.3 Å². The molecule has 0 fully saturated rings. The number of nitrogens with zero attached hydrogens (tertiary/aromatic N) is 2. The number of benzene rings is 2. The van der Waals surface area contributed by atoms with Crippen molar-refractivity contribution in [1.82, 2.24) is 0 Å². The van der Waals surface area contributed by atoms with E-state index in [2.05, 4.69) is 5.32 Å². The molecule has 0 aliphatic heterocycles. The molecule has 0 aliphatic rings. The van der Waals surface area contributed by atoms with Gasteiger partial charge >= 0.3 is 0 Å². The summed E-state index contributed by atoms with van der Waals surface area (Å²) in [7, 11) is 1.78. The van der Waals surface area contributed by atoms with E-state index in [1.807, 2.05) is 49.4 Å². The summed E-state index contributed by atoms with van der Waals surface area (Å²) in [4.78, 5) is 14.0. The van der Waals surface area contributed by atoms with E-state index in [0.29, 0.717) is 10.7 Å². The number of para-hydroxylation sites is 1. The van der Waals surface area contributed by atoms with Crippen molar-refractivity contribution in [3.63, 3.8) is 0 Å². The summed E-state index contributed by atoms with van der Waals surface area (Å²) in [6.45, 7) is 1.88. The molecule has 0 saturated heterocycles. The Labute approximate surface area is 140 Å². The quantitative estimate of drug-likeness (QED) is 0.679. The highest BCUT2D eigenvalue weighted by Crippen LogP contribution is 2.20. The average Bonchev–Trinajstić information content (AvgIpc) is 2.56. The summed E-state index contributed by atoms with van der Waals surface area (Å²) in [5.41, 5.74) is 2.36. The number of nitriles is 1. The minimum atomic E-state index is -0.477. The zero-order valence-corrected chi connectivity index (χ0v) is 13.6. The number of hydrogen-bond acceptors (Lipinski definition) is 3. The molecule has 0 aromatic heterocycles. The second-order valence-corrected chi connectivity index (χ2v) is 5.43. The molecule has 2 aromatic rings. The van der Waals surface area contributed by atoms with Crippen LogP contribution in [0.2, 0.25) is 5.02 Å². The van der Waals surface area contributed by atoms with Crippen LogP contribution in [-0.2, 0) is 4.79 Å². The zero-order valence-electron chi connectivity index (χ0n) is 12.9. The molecule has 0 unspecified atom stereocenters. The molecule has 4 nitrogen and oxygen atoms in total. The molecule has 0 spiro atoms. The molecular weight excluding hydrogens is 310 g/mol. The number of aryl methyl sites for hydroxylation is 1. The monoisotopic (exact) mass is 325 g/mol. The third kappa shape index (κ3) is 4.35. The molecule has 23 heavy (non-hydrogen) atoms. The van der Waals surface area contributed by atoms with Gasteiger partial charge in [0.05, 0.1) is 0 Å². The summed E-state index contributed by atoms with van der Waals surface area (Å²) in [6.07, 6.45) is 1.50. The van der Waals surface area contributed by atoms with Gasteiger partial charge in [-0.15, -0.1) is 0 Å². The highest BCUT2D eigenvalue weighted by Gasteiger charge is 2.11. The minimum absolute atomic E-state index is 0.00745. The Bertz CT molecular complexity index is 779. The van der Waals surface area contributed by atoms with E-state index < -0.39 is 5.91 Å². The molecule has 1 N–H and O–H groups in total. The van der Waals surface area contributed by atoms with Gasteiger partial charge in [0, 0.05) is 29.6 Å². The van der Waals surface area contributed by atoms with Crippen molar-refractivity contribution in [1.29, 1.82) is 5.26 Å². The molecule has 0 radical (unpaired) electrons. The van der Waals surface area contributed by atoms with Crippen LogP contribution < -0.4 is 10.2 Å². The summed E-state index contributed by atoms with van der Waals surface area (Å²) >= 11 is 6.04. The number of amides is 1. The third-order valence-electron chi connectivity index (χ3n) is 3.28. The van der Waals surface area contributed by atoms with Crippen molar-refractivity contribution in [3.8, 4) is 6.07 Å². The van der Waals surface area contributed by atoms with E-state index in [-0.39, 0.29) is 5.57 Å². The molecule has 2 rings (SSSR count). The first kappa shape index (κ1) is 16.6. The van der Waals surface area contributed by atoms with Gasteiger partial charge in [0.2, 0.25) is 0 Å². The SMILES string of the molecule is Cc1ccc(NC(=O)/C(C#N)=C\N(C)c2ccccc2)cc1Cl. The van der Waals surface area contributed by atoms with Crippen LogP contribution in [0.15, 0.2) is 60.3 Å². The maximum Gasteiger partial charge on any atom is 0.267 e. The molecule has 116 valence electrons. The summed E-state index contributed by atoms with van der Waals surface area (Å²) in [5, 5.41) is 12.5. The standard InChI is InChI=1S/C18H16ClN3O/c1-13-8-9-15(10-17(13)19)21-18(23)14(11-20)12-22(2)16-6-4-3-5-7-16/h3-10,12H,1-2H3,(H,21,23)/b14-12-. The molecule has 0 aliphatic carbocycles. The largest absolute Gasteiger partial charge is 0.350 e. The van der Waals surface area contributed by atoms with Crippen molar-refractivity contribution < 1.29 is 4.79 Å². The summed E-state index contributed by atoms with van der Waals surface area (Å²) < 4.78 is 0. The highest BCUT2D eigenvalue weighted by atomic mass is 35.5. The van der Waals surface area contributed by atoms with E-state index in [1.165, 1.54) is 6.20 Å². The molecule has 5 heteroatoms. The zero-order chi connectivity index (χ0) is 16.8. The highest BCUT2D eigenvalue weighted by molar-refractivity contribution is 6.31. The second-order valence-electron chi connectivity index (χ2n) is 5.02. The predicted molar refractivity (Wildman–Crippen MR) is 93.4 cm³/mol. The van der Waals surface area contributed by atoms with Gasteiger partial charge in [0.1, 0.15) is 11.6 Å². The molecule has 2 aromatic carbocycles. The van der Waals surface area contributed by atoms with Gasteiger partial charge in [-0.3, -0.25) is 4.79 Å². The average molecular weight is 326 g/mol. The van der Waals surface area contributed by atoms with Gasteiger partial charge in [-0.1, -0.05) is 35.9 Å². The first-order chi connectivity index (χ1) is 11.0. The maximum absolute atomic E-state index is 12.2. The van der Waals surface area contributed by atoms with Crippen LogP contribution in [0.25, 0.3) is 0 Å². The lowest BCUT2D eigenvalue weighted by Crippen LogP contribution is -2.17. The Balaban J connectivity index is 2.16. The smallest absolute Gasteiger partial charge is 0.267 e. The lowest BCUT2D eigenvalue weighted by molar-refractivity contribution is -0.112. The molecule has 0 saturated carbocycles. The number of hydrogen-bond donors (Lipinski definition) is 1. The fourth-order valence-corrected chi connectivity index (χ4v) is 2.12. The van der Waals surface area contributed by atoms with E-state index >= 15 is 0 Å². The summed E-state index contributed by atoms with van der Waals surface area (Å²) in [5.74, 6) is -0.477.